The standard InChI is InChI=1S/C15H19BrClNO3/c1-9(21-14-4-3-11(17)7-13(14)16)15(20)18(2)8-10-5-12(19)6-10/h3-4,7,9-10,12,19H,5-6,8H2,1-2H3. The average Bonchev–Trinajstić information content (AvgIpc) is 2.39. The number of carbonyl (C=O) groups is 1. The highest BCUT2D eigenvalue weighted by Gasteiger charge is 2.30. The molecule has 1 aromatic carbocycles. The molecule has 1 atom stereocenters. The molecule has 0 heterocycles. The van der Waals surface area contributed by atoms with Crippen LogP contribution in [0.2, 0.25) is 5.02 Å². The second-order valence-corrected chi connectivity index (χ2v) is 6.84. The predicted octanol–water partition coefficient (Wildman–Crippen LogP) is 3.10. The van der Waals surface area contributed by atoms with Crippen LogP contribution in [0.25, 0.3) is 0 Å². The van der Waals surface area contributed by atoms with E-state index < -0.39 is 6.10 Å². The van der Waals surface area contributed by atoms with Gasteiger partial charge in [0.15, 0.2) is 6.10 Å². The van der Waals surface area contributed by atoms with Crippen LogP contribution in [0, 0.1) is 5.92 Å². The minimum atomic E-state index is -0.572. The van der Waals surface area contributed by atoms with E-state index in [0.29, 0.717) is 23.2 Å². The molecule has 1 N–H and O–H groups in total. The van der Waals surface area contributed by atoms with Crippen molar-refractivity contribution in [2.75, 3.05) is 13.6 Å². The van der Waals surface area contributed by atoms with Crippen LogP contribution in [-0.2, 0) is 4.79 Å². The van der Waals surface area contributed by atoms with Crippen LogP contribution < -0.4 is 4.74 Å². The summed E-state index contributed by atoms with van der Waals surface area (Å²) in [4.78, 5) is 14.0. The number of nitrogens with zero attached hydrogens (tertiary/aromatic N) is 1. The summed E-state index contributed by atoms with van der Waals surface area (Å²) in [6.45, 7) is 2.39. The Kier molecular flexibility index (Phi) is 5.52. The third-order valence-corrected chi connectivity index (χ3v) is 4.52. The molecule has 1 fully saturated rings. The Morgan fingerprint density at radius 2 is 2.24 bits per heavy atom. The normalized spacial score (nSPS) is 22.3. The van der Waals surface area contributed by atoms with Crippen LogP contribution in [0.1, 0.15) is 19.8 Å². The zero-order valence-corrected chi connectivity index (χ0v) is 14.4. The van der Waals surface area contributed by atoms with Gasteiger partial charge in [-0.05, 0) is 59.8 Å². The monoisotopic (exact) mass is 375 g/mol. The van der Waals surface area contributed by atoms with Crippen molar-refractivity contribution in [3.8, 4) is 5.75 Å². The molecule has 0 bridgehead atoms. The van der Waals surface area contributed by atoms with E-state index in [9.17, 15) is 9.90 Å². The number of rotatable bonds is 5. The molecule has 0 radical (unpaired) electrons. The maximum atomic E-state index is 12.3. The second-order valence-electron chi connectivity index (χ2n) is 5.54. The van der Waals surface area contributed by atoms with E-state index in [-0.39, 0.29) is 12.0 Å². The molecule has 1 aliphatic carbocycles. The molecule has 2 rings (SSSR count). The highest BCUT2D eigenvalue weighted by atomic mass is 79.9. The second kappa shape index (κ2) is 6.99. The van der Waals surface area contributed by atoms with Gasteiger partial charge >= 0.3 is 0 Å². The van der Waals surface area contributed by atoms with E-state index in [1.165, 1.54) is 0 Å². The lowest BCUT2D eigenvalue weighted by molar-refractivity contribution is -0.138. The summed E-state index contributed by atoms with van der Waals surface area (Å²) in [5.74, 6) is 0.911. The Labute approximate surface area is 138 Å². The summed E-state index contributed by atoms with van der Waals surface area (Å²) in [5, 5.41) is 9.89. The quantitative estimate of drug-likeness (QED) is 0.859. The summed E-state index contributed by atoms with van der Waals surface area (Å²) in [7, 11) is 1.77. The Morgan fingerprint density at radius 3 is 2.81 bits per heavy atom. The molecule has 4 nitrogen and oxygen atoms in total. The van der Waals surface area contributed by atoms with Gasteiger partial charge < -0.3 is 14.7 Å². The first-order chi connectivity index (χ1) is 9.86. The Bertz CT molecular complexity index is 520. The van der Waals surface area contributed by atoms with Gasteiger partial charge in [-0.15, -0.1) is 0 Å². The van der Waals surface area contributed by atoms with Crippen LogP contribution >= 0.6 is 27.5 Å². The Balaban J connectivity index is 1.89. The zero-order valence-electron chi connectivity index (χ0n) is 12.1. The summed E-state index contributed by atoms with van der Waals surface area (Å²) in [5.41, 5.74) is 0. The third-order valence-electron chi connectivity index (χ3n) is 3.66. The van der Waals surface area contributed by atoms with Gasteiger partial charge in [-0.25, -0.2) is 0 Å². The molecule has 6 heteroatoms. The van der Waals surface area contributed by atoms with Crippen molar-refractivity contribution >= 4 is 33.4 Å². The number of benzene rings is 1. The molecule has 0 spiro atoms. The van der Waals surface area contributed by atoms with Crippen molar-refractivity contribution in [1.82, 2.24) is 4.90 Å². The van der Waals surface area contributed by atoms with Crippen molar-refractivity contribution in [3.05, 3.63) is 27.7 Å². The van der Waals surface area contributed by atoms with Crippen molar-refractivity contribution in [2.24, 2.45) is 5.92 Å². The number of ether oxygens (including phenoxy) is 1. The van der Waals surface area contributed by atoms with Gasteiger partial charge in [-0.3, -0.25) is 4.79 Å². The minimum absolute atomic E-state index is 0.0711. The molecule has 1 unspecified atom stereocenters. The Hall–Kier alpha value is -0.780. The molecule has 21 heavy (non-hydrogen) atoms. The Morgan fingerprint density at radius 1 is 1.57 bits per heavy atom. The van der Waals surface area contributed by atoms with Crippen LogP contribution in [0.15, 0.2) is 22.7 Å². The van der Waals surface area contributed by atoms with Gasteiger partial charge in [0, 0.05) is 18.6 Å². The molecule has 0 saturated heterocycles. The van der Waals surface area contributed by atoms with Crippen molar-refractivity contribution in [3.63, 3.8) is 0 Å². The summed E-state index contributed by atoms with van der Waals surface area (Å²) >= 11 is 9.24. The van der Waals surface area contributed by atoms with E-state index in [2.05, 4.69) is 15.9 Å². The lowest BCUT2D eigenvalue weighted by Gasteiger charge is -2.35. The number of amides is 1. The molecule has 1 aliphatic rings. The molecular formula is C15H19BrClNO3. The molecule has 0 aliphatic heterocycles. The van der Waals surface area contributed by atoms with Gasteiger partial charge in [-0.2, -0.15) is 0 Å². The first kappa shape index (κ1) is 16.6. The van der Waals surface area contributed by atoms with E-state index in [4.69, 9.17) is 16.3 Å². The summed E-state index contributed by atoms with van der Waals surface area (Å²) in [6, 6.07) is 5.18. The minimum Gasteiger partial charge on any atom is -0.480 e. The zero-order chi connectivity index (χ0) is 15.6. The van der Waals surface area contributed by atoms with Gasteiger partial charge in [0.25, 0.3) is 5.91 Å². The summed E-state index contributed by atoms with van der Waals surface area (Å²) < 4.78 is 6.41. The molecular weight excluding hydrogens is 358 g/mol. The number of hydrogen-bond acceptors (Lipinski definition) is 3. The van der Waals surface area contributed by atoms with Crippen LogP contribution in [0.3, 0.4) is 0 Å². The molecule has 0 aromatic heterocycles. The number of hydrogen-bond donors (Lipinski definition) is 1. The number of carbonyl (C=O) groups excluding carboxylic acids is 1. The van der Waals surface area contributed by atoms with Crippen LogP contribution in [-0.4, -0.2) is 41.7 Å². The lowest BCUT2D eigenvalue weighted by atomic mass is 9.82. The fourth-order valence-electron chi connectivity index (χ4n) is 2.45. The van der Waals surface area contributed by atoms with Crippen molar-refractivity contribution < 1.29 is 14.6 Å². The van der Waals surface area contributed by atoms with E-state index in [0.717, 1.165) is 17.3 Å². The number of likely N-dealkylation sites (N-methyl/N-ethyl adjacent to an activating group) is 1. The topological polar surface area (TPSA) is 49.8 Å². The van der Waals surface area contributed by atoms with E-state index in [1.54, 1.807) is 37.1 Å². The molecule has 1 amide bonds. The summed E-state index contributed by atoms with van der Waals surface area (Å²) in [6.07, 6.45) is 0.778. The fraction of sp³-hybridized carbons (Fsp3) is 0.533. The average molecular weight is 377 g/mol. The predicted molar refractivity (Wildman–Crippen MR) is 85.6 cm³/mol. The van der Waals surface area contributed by atoms with Crippen molar-refractivity contribution in [2.45, 2.75) is 32.0 Å². The fourth-order valence-corrected chi connectivity index (χ4v) is 3.23. The van der Waals surface area contributed by atoms with E-state index in [1.807, 2.05) is 0 Å². The number of aliphatic hydroxyl groups is 1. The van der Waals surface area contributed by atoms with Gasteiger partial charge in [0.1, 0.15) is 5.75 Å². The largest absolute Gasteiger partial charge is 0.480 e. The third kappa shape index (κ3) is 4.34. The van der Waals surface area contributed by atoms with Crippen molar-refractivity contribution in [1.29, 1.82) is 0 Å². The highest BCUT2D eigenvalue weighted by molar-refractivity contribution is 9.10. The highest BCUT2D eigenvalue weighted by Crippen LogP contribution is 2.30. The molecule has 1 aromatic rings. The van der Waals surface area contributed by atoms with Gasteiger partial charge in [0.05, 0.1) is 10.6 Å². The maximum Gasteiger partial charge on any atom is 0.263 e. The molecule has 1 saturated carbocycles. The maximum absolute atomic E-state index is 12.3. The SMILES string of the molecule is CC(Oc1ccc(Cl)cc1Br)C(=O)N(C)CC1CC(O)C1. The van der Waals surface area contributed by atoms with Gasteiger partial charge in [-0.1, -0.05) is 11.6 Å². The van der Waals surface area contributed by atoms with Crippen LogP contribution in [0.5, 0.6) is 5.75 Å². The smallest absolute Gasteiger partial charge is 0.263 e. The van der Waals surface area contributed by atoms with Crippen LogP contribution in [0.4, 0.5) is 0 Å². The number of halogens is 2. The molecule has 116 valence electrons. The lowest BCUT2D eigenvalue weighted by Crippen LogP contribution is -2.44. The van der Waals surface area contributed by atoms with Gasteiger partial charge in [0.2, 0.25) is 0 Å². The number of aliphatic hydroxyl groups excluding tert-OH is 1. The first-order valence-corrected chi connectivity index (χ1v) is 8.08. The van der Waals surface area contributed by atoms with E-state index >= 15 is 0 Å². The first-order valence-electron chi connectivity index (χ1n) is 6.91.